The van der Waals surface area contributed by atoms with Crippen molar-refractivity contribution in [3.63, 3.8) is 0 Å². The van der Waals surface area contributed by atoms with Gasteiger partial charge in [0.15, 0.2) is 0 Å². The summed E-state index contributed by atoms with van der Waals surface area (Å²) in [6, 6.07) is 14.4. The van der Waals surface area contributed by atoms with E-state index in [4.69, 9.17) is 5.11 Å². The molecule has 0 aliphatic carbocycles. The van der Waals surface area contributed by atoms with Crippen LogP contribution in [-0.2, 0) is 24.5 Å². The number of fused-ring (bicyclic) bond motifs is 1. The van der Waals surface area contributed by atoms with Crippen LogP contribution in [0.5, 0.6) is 0 Å². The number of carbonyl (C=O) groups is 1. The number of amides is 1. The summed E-state index contributed by atoms with van der Waals surface area (Å²) in [4.78, 5) is 24.9. The molecule has 0 unspecified atom stereocenters. The summed E-state index contributed by atoms with van der Waals surface area (Å²) in [5.74, 6) is -0.286. The van der Waals surface area contributed by atoms with Gasteiger partial charge in [-0.05, 0) is 36.8 Å². The van der Waals surface area contributed by atoms with E-state index in [2.05, 4.69) is 5.32 Å². The summed E-state index contributed by atoms with van der Waals surface area (Å²) in [6.07, 6.45) is 0. The van der Waals surface area contributed by atoms with Crippen molar-refractivity contribution in [3.8, 4) is 0 Å². The minimum Gasteiger partial charge on any atom is -0.392 e. The molecule has 0 atom stereocenters. The number of imidazole rings is 1. The predicted molar refractivity (Wildman–Crippen MR) is 92.9 cm³/mol. The third kappa shape index (κ3) is 2.96. The molecular weight excluding hydrogens is 306 g/mol. The van der Waals surface area contributed by atoms with Gasteiger partial charge in [-0.25, -0.2) is 4.79 Å². The molecule has 3 aromatic rings. The Hall–Kier alpha value is -2.86. The summed E-state index contributed by atoms with van der Waals surface area (Å²) < 4.78 is 3.12. The van der Waals surface area contributed by atoms with E-state index in [-0.39, 0.29) is 24.7 Å². The van der Waals surface area contributed by atoms with E-state index in [1.54, 1.807) is 28.8 Å². The second-order valence-corrected chi connectivity index (χ2v) is 5.51. The van der Waals surface area contributed by atoms with Gasteiger partial charge >= 0.3 is 5.69 Å². The lowest BCUT2D eigenvalue weighted by molar-refractivity contribution is -0.116. The number of nitrogens with zero attached hydrogens (tertiary/aromatic N) is 2. The van der Waals surface area contributed by atoms with Gasteiger partial charge in [0.2, 0.25) is 5.91 Å². The van der Waals surface area contributed by atoms with Gasteiger partial charge in [-0.15, -0.1) is 0 Å². The van der Waals surface area contributed by atoms with Crippen LogP contribution in [0, 0.1) is 0 Å². The molecule has 1 heterocycles. The first-order valence-corrected chi connectivity index (χ1v) is 7.81. The fourth-order valence-electron chi connectivity index (χ4n) is 2.82. The minimum absolute atomic E-state index is 0.0598. The highest BCUT2D eigenvalue weighted by Crippen LogP contribution is 2.14. The first-order valence-electron chi connectivity index (χ1n) is 7.81. The van der Waals surface area contributed by atoms with Crippen LogP contribution >= 0.6 is 0 Å². The van der Waals surface area contributed by atoms with Gasteiger partial charge in [-0.3, -0.25) is 13.9 Å². The zero-order valence-corrected chi connectivity index (χ0v) is 13.4. The maximum atomic E-state index is 12.5. The fraction of sp³-hybridized carbons (Fsp3) is 0.222. The van der Waals surface area contributed by atoms with Crippen LogP contribution < -0.4 is 11.0 Å². The Morgan fingerprint density at radius 2 is 1.79 bits per heavy atom. The van der Waals surface area contributed by atoms with Crippen molar-refractivity contribution in [1.29, 1.82) is 0 Å². The third-order valence-electron chi connectivity index (χ3n) is 3.94. The Kier molecular flexibility index (Phi) is 4.48. The molecule has 24 heavy (non-hydrogen) atoms. The number of para-hydroxylation sites is 2. The van der Waals surface area contributed by atoms with Crippen LogP contribution in [0.2, 0.25) is 0 Å². The second kappa shape index (κ2) is 6.72. The number of nitrogens with one attached hydrogen (secondary N) is 1. The van der Waals surface area contributed by atoms with Crippen molar-refractivity contribution in [2.24, 2.45) is 0 Å². The van der Waals surface area contributed by atoms with Crippen LogP contribution in [0.1, 0.15) is 12.5 Å². The number of rotatable bonds is 5. The molecule has 0 spiro atoms. The van der Waals surface area contributed by atoms with Crippen molar-refractivity contribution in [3.05, 3.63) is 64.6 Å². The number of anilines is 1. The van der Waals surface area contributed by atoms with Crippen LogP contribution in [0.3, 0.4) is 0 Å². The molecule has 0 aliphatic heterocycles. The van der Waals surface area contributed by atoms with E-state index < -0.39 is 0 Å². The average Bonchev–Trinajstić information content (AvgIpc) is 2.86. The summed E-state index contributed by atoms with van der Waals surface area (Å²) >= 11 is 0. The smallest absolute Gasteiger partial charge is 0.329 e. The number of aliphatic hydroxyl groups is 1. The van der Waals surface area contributed by atoms with Crippen LogP contribution in [-0.4, -0.2) is 20.1 Å². The summed E-state index contributed by atoms with van der Waals surface area (Å²) in [5, 5.41) is 11.9. The first kappa shape index (κ1) is 16.0. The highest BCUT2D eigenvalue weighted by atomic mass is 16.3. The molecule has 1 aromatic heterocycles. The molecule has 0 aliphatic rings. The molecule has 2 N–H and O–H groups in total. The molecule has 124 valence electrons. The third-order valence-corrected chi connectivity index (χ3v) is 3.94. The lowest BCUT2D eigenvalue weighted by Crippen LogP contribution is -2.29. The van der Waals surface area contributed by atoms with Crippen LogP contribution in [0.15, 0.2) is 53.3 Å². The summed E-state index contributed by atoms with van der Waals surface area (Å²) in [6.45, 7) is 2.30. The molecule has 1 amide bonds. The monoisotopic (exact) mass is 325 g/mol. The number of aromatic nitrogens is 2. The summed E-state index contributed by atoms with van der Waals surface area (Å²) in [5.41, 5.74) is 2.67. The number of aliphatic hydroxyl groups excluding tert-OH is 1. The predicted octanol–water partition coefficient (Wildman–Crippen LogP) is 1.95. The zero-order valence-electron chi connectivity index (χ0n) is 13.4. The molecule has 3 rings (SSSR count). The molecule has 0 fully saturated rings. The van der Waals surface area contributed by atoms with Crippen LogP contribution in [0.25, 0.3) is 11.0 Å². The standard InChI is InChI=1S/C18H19N3O3/c1-2-20-15-8-3-4-9-16(15)21(18(20)24)11-17(23)19-14-7-5-6-13(10-14)12-22/h3-10,22H,2,11-12H2,1H3,(H,19,23). The zero-order chi connectivity index (χ0) is 17.1. The Balaban J connectivity index is 1.88. The van der Waals surface area contributed by atoms with Gasteiger partial charge in [-0.1, -0.05) is 24.3 Å². The normalized spacial score (nSPS) is 10.9. The van der Waals surface area contributed by atoms with Gasteiger partial charge in [0.1, 0.15) is 6.54 Å². The van der Waals surface area contributed by atoms with Gasteiger partial charge in [0.25, 0.3) is 0 Å². The molecular formula is C18H19N3O3. The SMILES string of the molecule is CCn1c(=O)n(CC(=O)Nc2cccc(CO)c2)c2ccccc21. The molecule has 0 bridgehead atoms. The second-order valence-electron chi connectivity index (χ2n) is 5.51. The van der Waals surface area contributed by atoms with Gasteiger partial charge in [0.05, 0.1) is 17.6 Å². The van der Waals surface area contributed by atoms with E-state index in [1.807, 2.05) is 31.2 Å². The Morgan fingerprint density at radius 3 is 2.46 bits per heavy atom. The minimum atomic E-state index is -0.286. The molecule has 6 nitrogen and oxygen atoms in total. The van der Waals surface area contributed by atoms with E-state index in [1.165, 1.54) is 4.57 Å². The number of carbonyl (C=O) groups excluding carboxylic acids is 1. The first-order chi connectivity index (χ1) is 11.6. The van der Waals surface area contributed by atoms with Crippen molar-refractivity contribution >= 4 is 22.6 Å². The van der Waals surface area contributed by atoms with Crippen molar-refractivity contribution < 1.29 is 9.90 Å². The Bertz CT molecular complexity index is 940. The quantitative estimate of drug-likeness (QED) is 0.753. The van der Waals surface area contributed by atoms with E-state index in [9.17, 15) is 9.59 Å². The molecule has 0 saturated heterocycles. The van der Waals surface area contributed by atoms with Gasteiger partial charge < -0.3 is 10.4 Å². The maximum absolute atomic E-state index is 12.5. The van der Waals surface area contributed by atoms with Crippen molar-refractivity contribution in [2.75, 3.05) is 5.32 Å². The number of aryl methyl sites for hydroxylation is 1. The van der Waals surface area contributed by atoms with Gasteiger partial charge in [-0.2, -0.15) is 0 Å². The Labute approximate surface area is 139 Å². The lowest BCUT2D eigenvalue weighted by Gasteiger charge is -2.07. The number of hydrogen-bond acceptors (Lipinski definition) is 3. The molecule has 2 aromatic carbocycles. The van der Waals surface area contributed by atoms with E-state index in [0.717, 1.165) is 11.0 Å². The maximum Gasteiger partial charge on any atom is 0.329 e. The Morgan fingerprint density at radius 1 is 1.08 bits per heavy atom. The van der Waals surface area contributed by atoms with Crippen molar-refractivity contribution in [1.82, 2.24) is 9.13 Å². The van der Waals surface area contributed by atoms with Crippen molar-refractivity contribution in [2.45, 2.75) is 26.6 Å². The fourth-order valence-corrected chi connectivity index (χ4v) is 2.82. The van der Waals surface area contributed by atoms with E-state index >= 15 is 0 Å². The van der Waals surface area contributed by atoms with Crippen LogP contribution in [0.4, 0.5) is 5.69 Å². The number of benzene rings is 2. The van der Waals surface area contributed by atoms with E-state index in [0.29, 0.717) is 17.8 Å². The highest BCUT2D eigenvalue weighted by Gasteiger charge is 2.14. The summed E-state index contributed by atoms with van der Waals surface area (Å²) in [7, 11) is 0. The molecule has 0 radical (unpaired) electrons. The lowest BCUT2D eigenvalue weighted by atomic mass is 10.2. The van der Waals surface area contributed by atoms with Gasteiger partial charge in [0, 0.05) is 12.2 Å². The molecule has 6 heteroatoms. The average molecular weight is 325 g/mol. The molecule has 0 saturated carbocycles. The largest absolute Gasteiger partial charge is 0.392 e. The number of hydrogen-bond donors (Lipinski definition) is 2. The highest BCUT2D eigenvalue weighted by molar-refractivity contribution is 5.91. The topological polar surface area (TPSA) is 76.3 Å².